The van der Waals surface area contributed by atoms with Crippen LogP contribution in [0.25, 0.3) is 0 Å². The molecule has 0 saturated heterocycles. The van der Waals surface area contributed by atoms with Gasteiger partial charge in [-0.25, -0.2) is 0 Å². The molecule has 164 valence electrons. The molecule has 0 aliphatic heterocycles. The molecule has 1 N–H and O–H groups in total. The van der Waals surface area contributed by atoms with Gasteiger partial charge >= 0.3 is 0 Å². The van der Waals surface area contributed by atoms with Crippen molar-refractivity contribution in [1.29, 1.82) is 0 Å². The van der Waals surface area contributed by atoms with Crippen LogP contribution in [0.15, 0.2) is 71.6 Å². The van der Waals surface area contributed by atoms with E-state index < -0.39 is 10.1 Å². The molecular weight excluding hydrogens is 412 g/mol. The quantitative estimate of drug-likeness (QED) is 0.437. The predicted molar refractivity (Wildman–Crippen MR) is 125 cm³/mol. The molecule has 0 fully saturated rings. The van der Waals surface area contributed by atoms with Crippen molar-refractivity contribution in [1.82, 2.24) is 0 Å². The standard InChI is InChI=1S/C24H28N2O4S/c1-25(2)20-11-6-17(7-12-20)24(18-8-13-21(14-9-18)26(3)4)19-10-15-22(30-5)23(16-19)31(27,28)29/h6-16,24H,1-5H3,(H,27,28,29). The van der Waals surface area contributed by atoms with Crippen molar-refractivity contribution >= 4 is 21.5 Å². The Morgan fingerprint density at radius 3 is 1.52 bits per heavy atom. The molecule has 7 heteroatoms. The third-order valence-corrected chi connectivity index (χ3v) is 6.16. The maximum Gasteiger partial charge on any atom is 0.298 e. The Kier molecular flexibility index (Phi) is 6.57. The van der Waals surface area contributed by atoms with Gasteiger partial charge in [0.25, 0.3) is 10.1 Å². The maximum atomic E-state index is 12.0. The van der Waals surface area contributed by atoms with Crippen molar-refractivity contribution in [2.45, 2.75) is 10.8 Å². The molecule has 0 heterocycles. The Bertz CT molecular complexity index is 1090. The van der Waals surface area contributed by atoms with Crippen LogP contribution in [0.2, 0.25) is 0 Å². The van der Waals surface area contributed by atoms with Gasteiger partial charge < -0.3 is 14.5 Å². The monoisotopic (exact) mass is 440 g/mol. The number of anilines is 2. The molecule has 31 heavy (non-hydrogen) atoms. The van der Waals surface area contributed by atoms with Crippen LogP contribution in [-0.2, 0) is 10.1 Å². The highest BCUT2D eigenvalue weighted by atomic mass is 32.2. The van der Waals surface area contributed by atoms with Crippen molar-refractivity contribution in [3.63, 3.8) is 0 Å². The summed E-state index contributed by atoms with van der Waals surface area (Å²) in [6.07, 6.45) is 0. The molecule has 0 bridgehead atoms. The molecule has 3 aromatic rings. The summed E-state index contributed by atoms with van der Waals surface area (Å²) in [6.45, 7) is 0. The molecule has 3 aromatic carbocycles. The van der Waals surface area contributed by atoms with E-state index in [0.717, 1.165) is 28.1 Å². The van der Waals surface area contributed by atoms with E-state index in [0.29, 0.717) is 0 Å². The van der Waals surface area contributed by atoms with Gasteiger partial charge in [0, 0.05) is 45.5 Å². The van der Waals surface area contributed by atoms with E-state index >= 15 is 0 Å². The van der Waals surface area contributed by atoms with Crippen molar-refractivity contribution < 1.29 is 17.7 Å². The van der Waals surface area contributed by atoms with Crippen LogP contribution in [-0.4, -0.2) is 48.3 Å². The second-order valence-corrected chi connectivity index (χ2v) is 9.18. The van der Waals surface area contributed by atoms with Gasteiger partial charge in [0.15, 0.2) is 0 Å². The Morgan fingerprint density at radius 2 is 1.16 bits per heavy atom. The first kappa shape index (κ1) is 22.7. The fourth-order valence-electron chi connectivity index (χ4n) is 3.58. The number of methoxy groups -OCH3 is 1. The topological polar surface area (TPSA) is 70.1 Å². The van der Waals surface area contributed by atoms with Crippen molar-refractivity contribution in [3.8, 4) is 5.75 Å². The van der Waals surface area contributed by atoms with E-state index in [4.69, 9.17) is 4.74 Å². The number of hydrogen-bond acceptors (Lipinski definition) is 5. The lowest BCUT2D eigenvalue weighted by molar-refractivity contribution is 0.397. The first-order chi connectivity index (χ1) is 14.6. The molecule has 0 aromatic heterocycles. The fourth-order valence-corrected chi connectivity index (χ4v) is 4.27. The lowest BCUT2D eigenvalue weighted by Crippen LogP contribution is -2.11. The molecule has 6 nitrogen and oxygen atoms in total. The summed E-state index contributed by atoms with van der Waals surface area (Å²) in [5, 5.41) is 0. The number of rotatable bonds is 7. The highest BCUT2D eigenvalue weighted by molar-refractivity contribution is 7.86. The van der Waals surface area contributed by atoms with E-state index in [-0.39, 0.29) is 16.6 Å². The largest absolute Gasteiger partial charge is 0.495 e. The molecule has 0 aliphatic carbocycles. The second kappa shape index (κ2) is 8.99. The van der Waals surface area contributed by atoms with Gasteiger partial charge in [-0.1, -0.05) is 30.3 Å². The van der Waals surface area contributed by atoms with E-state index in [2.05, 4.69) is 0 Å². The van der Waals surface area contributed by atoms with Gasteiger partial charge in [0.05, 0.1) is 7.11 Å². The Balaban J connectivity index is 2.18. The van der Waals surface area contributed by atoms with Crippen LogP contribution in [0.5, 0.6) is 5.75 Å². The molecule has 3 rings (SSSR count). The summed E-state index contributed by atoms with van der Waals surface area (Å²) >= 11 is 0. The van der Waals surface area contributed by atoms with Gasteiger partial charge in [0.2, 0.25) is 0 Å². The lowest BCUT2D eigenvalue weighted by atomic mass is 9.85. The molecule has 0 saturated carbocycles. The zero-order valence-electron chi connectivity index (χ0n) is 18.4. The van der Waals surface area contributed by atoms with Crippen molar-refractivity contribution in [2.75, 3.05) is 45.1 Å². The van der Waals surface area contributed by atoms with E-state index in [1.54, 1.807) is 6.07 Å². The minimum atomic E-state index is -4.44. The average Bonchev–Trinajstić information content (AvgIpc) is 2.74. The van der Waals surface area contributed by atoms with Crippen molar-refractivity contribution in [3.05, 3.63) is 83.4 Å². The summed E-state index contributed by atoms with van der Waals surface area (Å²) in [5.41, 5.74) is 4.89. The third kappa shape index (κ3) is 5.00. The molecule has 0 aliphatic rings. The molecule has 0 radical (unpaired) electrons. The highest BCUT2D eigenvalue weighted by Gasteiger charge is 2.23. The molecule has 0 atom stereocenters. The van der Waals surface area contributed by atoms with Gasteiger partial charge in [-0.05, 0) is 53.1 Å². The summed E-state index contributed by atoms with van der Waals surface area (Å²) < 4.78 is 38.8. The predicted octanol–water partition coefficient (Wildman–Crippen LogP) is 4.25. The number of hydrogen-bond donors (Lipinski definition) is 1. The zero-order chi connectivity index (χ0) is 22.8. The SMILES string of the molecule is COc1ccc(C(c2ccc(N(C)C)cc2)c2ccc(N(C)C)cc2)cc1S(=O)(=O)O. The van der Waals surface area contributed by atoms with Crippen LogP contribution in [0, 0.1) is 0 Å². The van der Waals surface area contributed by atoms with E-state index in [9.17, 15) is 13.0 Å². The summed E-state index contributed by atoms with van der Waals surface area (Å²) in [6, 6.07) is 21.2. The van der Waals surface area contributed by atoms with Gasteiger partial charge in [-0.15, -0.1) is 0 Å². The molecule has 0 spiro atoms. The molecule has 0 amide bonds. The number of nitrogens with zero attached hydrogens (tertiary/aromatic N) is 2. The minimum Gasteiger partial charge on any atom is -0.495 e. The Hall–Kier alpha value is -3.03. The highest BCUT2D eigenvalue weighted by Crippen LogP contribution is 2.36. The Morgan fingerprint density at radius 1 is 0.742 bits per heavy atom. The normalized spacial score (nSPS) is 11.5. The molecule has 0 unspecified atom stereocenters. The second-order valence-electron chi connectivity index (χ2n) is 7.79. The van der Waals surface area contributed by atoms with Crippen LogP contribution in [0.4, 0.5) is 11.4 Å². The smallest absolute Gasteiger partial charge is 0.298 e. The first-order valence-electron chi connectivity index (χ1n) is 9.82. The van der Waals surface area contributed by atoms with E-state index in [1.165, 1.54) is 13.2 Å². The van der Waals surface area contributed by atoms with Crippen LogP contribution >= 0.6 is 0 Å². The maximum absolute atomic E-state index is 12.0. The number of benzene rings is 3. The molecular formula is C24H28N2O4S. The van der Waals surface area contributed by atoms with Gasteiger partial charge in [0.1, 0.15) is 10.6 Å². The summed E-state index contributed by atoms with van der Waals surface area (Å²) in [7, 11) is 4.86. The van der Waals surface area contributed by atoms with Crippen LogP contribution in [0.3, 0.4) is 0 Å². The fraction of sp³-hybridized carbons (Fsp3) is 0.250. The lowest BCUT2D eigenvalue weighted by Gasteiger charge is -2.22. The van der Waals surface area contributed by atoms with Crippen LogP contribution in [0.1, 0.15) is 22.6 Å². The summed E-state index contributed by atoms with van der Waals surface area (Å²) in [4.78, 5) is 3.80. The zero-order valence-corrected chi connectivity index (χ0v) is 19.2. The minimum absolute atomic E-state index is 0.107. The van der Waals surface area contributed by atoms with Gasteiger partial charge in [-0.3, -0.25) is 4.55 Å². The van der Waals surface area contributed by atoms with Crippen molar-refractivity contribution in [2.24, 2.45) is 0 Å². The third-order valence-electron chi connectivity index (χ3n) is 5.28. The Labute approximate surface area is 184 Å². The number of ether oxygens (including phenoxy) is 1. The van der Waals surface area contributed by atoms with Gasteiger partial charge in [-0.2, -0.15) is 8.42 Å². The van der Waals surface area contributed by atoms with E-state index in [1.807, 2.05) is 92.6 Å². The summed E-state index contributed by atoms with van der Waals surface area (Å²) in [5.74, 6) is -0.116. The first-order valence-corrected chi connectivity index (χ1v) is 11.3. The average molecular weight is 441 g/mol. The van der Waals surface area contributed by atoms with Crippen LogP contribution < -0.4 is 14.5 Å².